The van der Waals surface area contributed by atoms with E-state index in [2.05, 4.69) is 15.1 Å². The fraction of sp³-hybridized carbons (Fsp3) is 0.0400. The Balaban J connectivity index is 1.48. The van der Waals surface area contributed by atoms with Crippen molar-refractivity contribution in [1.82, 2.24) is 19.7 Å². The number of carbonyl (C=O) groups is 1. The normalized spacial score (nSPS) is 10.8. The Morgan fingerprint density at radius 1 is 1.14 bits per heavy atom. The third-order valence-corrected chi connectivity index (χ3v) is 5.48. The molecular weight excluding hydrogens is 464 g/mol. The SMILES string of the molecule is Cc1nn(-c2ccc(C#N)cc2)c(Oc2ccc(-c3nc4ccc(C(=O)O)cc4[nH]3)cc2)c1[N+](=O)[O-]. The van der Waals surface area contributed by atoms with Crippen LogP contribution in [0, 0.1) is 28.4 Å². The standard InChI is InChI=1S/C25H16N6O5/c1-14-22(31(34)35)24(30(29-14)18-7-2-15(13-26)3-8-18)36-19-9-4-16(5-10-19)23-27-20-11-6-17(25(32)33)12-21(20)28-23/h2-12H,1H3,(H,27,28)(H,32,33). The van der Waals surface area contributed by atoms with Crippen LogP contribution >= 0.6 is 0 Å². The molecule has 2 aromatic heterocycles. The van der Waals surface area contributed by atoms with Gasteiger partial charge in [-0.1, -0.05) is 0 Å². The molecule has 36 heavy (non-hydrogen) atoms. The van der Waals surface area contributed by atoms with Gasteiger partial charge in [-0.05, 0) is 73.7 Å². The molecule has 0 aliphatic heterocycles. The van der Waals surface area contributed by atoms with Gasteiger partial charge in [-0.3, -0.25) is 10.1 Å². The number of hydrogen-bond donors (Lipinski definition) is 2. The number of hydrogen-bond acceptors (Lipinski definition) is 7. The van der Waals surface area contributed by atoms with Crippen LogP contribution in [0.2, 0.25) is 0 Å². The van der Waals surface area contributed by atoms with Crippen molar-refractivity contribution in [3.8, 4) is 34.8 Å². The van der Waals surface area contributed by atoms with E-state index in [-0.39, 0.29) is 22.8 Å². The molecule has 0 amide bonds. The maximum Gasteiger partial charge on any atom is 0.354 e. The van der Waals surface area contributed by atoms with Crippen LogP contribution in [-0.4, -0.2) is 35.7 Å². The smallest absolute Gasteiger partial charge is 0.354 e. The summed E-state index contributed by atoms with van der Waals surface area (Å²) in [6, 6.07) is 19.8. The number of aromatic amines is 1. The predicted octanol–water partition coefficient (Wildman–Crippen LogP) is 4.99. The molecule has 2 heterocycles. The van der Waals surface area contributed by atoms with E-state index in [9.17, 15) is 20.0 Å². The monoisotopic (exact) mass is 480 g/mol. The minimum absolute atomic E-state index is 0.0695. The highest BCUT2D eigenvalue weighted by Gasteiger charge is 2.28. The molecule has 0 atom stereocenters. The number of imidazole rings is 1. The van der Waals surface area contributed by atoms with Crippen LogP contribution in [0.3, 0.4) is 0 Å². The van der Waals surface area contributed by atoms with E-state index in [1.54, 1.807) is 54.6 Å². The van der Waals surface area contributed by atoms with E-state index < -0.39 is 10.9 Å². The van der Waals surface area contributed by atoms with Crippen molar-refractivity contribution in [3.05, 3.63) is 93.7 Å². The number of aromatic nitrogens is 4. The predicted molar refractivity (Wildman–Crippen MR) is 128 cm³/mol. The number of carboxylic acids is 1. The molecule has 3 aromatic carbocycles. The zero-order chi connectivity index (χ0) is 25.4. The van der Waals surface area contributed by atoms with E-state index in [1.165, 1.54) is 23.7 Å². The second-order valence-electron chi connectivity index (χ2n) is 7.82. The third-order valence-electron chi connectivity index (χ3n) is 5.48. The van der Waals surface area contributed by atoms with E-state index in [1.807, 2.05) is 6.07 Å². The number of nitro groups is 1. The summed E-state index contributed by atoms with van der Waals surface area (Å²) >= 11 is 0. The highest BCUT2D eigenvalue weighted by atomic mass is 16.6. The second-order valence-corrected chi connectivity index (χ2v) is 7.82. The van der Waals surface area contributed by atoms with Crippen molar-refractivity contribution in [2.75, 3.05) is 0 Å². The van der Waals surface area contributed by atoms with Crippen molar-refractivity contribution >= 4 is 22.7 Å². The Morgan fingerprint density at radius 3 is 2.50 bits per heavy atom. The molecule has 0 aliphatic carbocycles. The first kappa shape index (κ1) is 22.3. The number of nitrogens with zero attached hydrogens (tertiary/aromatic N) is 5. The first-order valence-electron chi connectivity index (χ1n) is 10.6. The third kappa shape index (κ3) is 3.99. The van der Waals surface area contributed by atoms with Gasteiger partial charge in [-0.25, -0.2) is 9.78 Å². The molecule has 2 N–H and O–H groups in total. The van der Waals surface area contributed by atoms with E-state index >= 15 is 0 Å². The van der Waals surface area contributed by atoms with Gasteiger partial charge in [-0.2, -0.15) is 15.0 Å². The number of benzene rings is 3. The molecule has 0 fully saturated rings. The van der Waals surface area contributed by atoms with Crippen molar-refractivity contribution in [2.24, 2.45) is 0 Å². The van der Waals surface area contributed by atoms with Crippen molar-refractivity contribution < 1.29 is 19.6 Å². The molecule has 176 valence electrons. The van der Waals surface area contributed by atoms with Gasteiger partial charge in [0.15, 0.2) is 0 Å². The number of fused-ring (bicyclic) bond motifs is 1. The van der Waals surface area contributed by atoms with Crippen LogP contribution in [0.5, 0.6) is 11.6 Å². The lowest BCUT2D eigenvalue weighted by Crippen LogP contribution is -2.01. The van der Waals surface area contributed by atoms with Crippen molar-refractivity contribution in [3.63, 3.8) is 0 Å². The highest BCUT2D eigenvalue weighted by molar-refractivity contribution is 5.93. The summed E-state index contributed by atoms with van der Waals surface area (Å²) in [5, 5.41) is 34.2. The molecule has 0 bridgehead atoms. The number of H-pyrrole nitrogens is 1. The van der Waals surface area contributed by atoms with Gasteiger partial charge < -0.3 is 14.8 Å². The van der Waals surface area contributed by atoms with Gasteiger partial charge in [0.05, 0.1) is 38.8 Å². The van der Waals surface area contributed by atoms with Gasteiger partial charge in [0, 0.05) is 5.56 Å². The number of rotatable bonds is 6. The van der Waals surface area contributed by atoms with Crippen LogP contribution in [0.15, 0.2) is 66.7 Å². The lowest BCUT2D eigenvalue weighted by Gasteiger charge is -2.09. The fourth-order valence-corrected chi connectivity index (χ4v) is 3.72. The quantitative estimate of drug-likeness (QED) is 0.254. The lowest BCUT2D eigenvalue weighted by molar-refractivity contribution is -0.386. The average molecular weight is 480 g/mol. The molecule has 0 spiro atoms. The van der Waals surface area contributed by atoms with Gasteiger partial charge in [0.25, 0.3) is 0 Å². The molecule has 0 radical (unpaired) electrons. The van der Waals surface area contributed by atoms with Crippen LogP contribution in [0.1, 0.15) is 21.6 Å². The summed E-state index contributed by atoms with van der Waals surface area (Å²) in [5.41, 5.74) is 2.92. The molecule has 0 saturated heterocycles. The lowest BCUT2D eigenvalue weighted by atomic mass is 10.2. The number of aryl methyl sites for hydroxylation is 1. The maximum absolute atomic E-state index is 11.7. The molecule has 11 heteroatoms. The summed E-state index contributed by atoms with van der Waals surface area (Å²) in [7, 11) is 0. The molecule has 0 aliphatic rings. The summed E-state index contributed by atoms with van der Waals surface area (Å²) in [6.07, 6.45) is 0. The summed E-state index contributed by atoms with van der Waals surface area (Å²) in [6.45, 7) is 1.52. The summed E-state index contributed by atoms with van der Waals surface area (Å²) < 4.78 is 7.24. The molecule has 0 unspecified atom stereocenters. The largest absolute Gasteiger partial charge is 0.478 e. The maximum atomic E-state index is 11.7. The van der Waals surface area contributed by atoms with Gasteiger partial charge in [0.2, 0.25) is 0 Å². The van der Waals surface area contributed by atoms with Crippen LogP contribution in [-0.2, 0) is 0 Å². The molecular formula is C25H16N6O5. The zero-order valence-corrected chi connectivity index (χ0v) is 18.7. The first-order chi connectivity index (χ1) is 17.3. The van der Waals surface area contributed by atoms with Crippen molar-refractivity contribution in [1.29, 1.82) is 5.26 Å². The molecule has 5 aromatic rings. The van der Waals surface area contributed by atoms with Crippen molar-refractivity contribution in [2.45, 2.75) is 6.92 Å². The summed E-state index contributed by atoms with van der Waals surface area (Å²) in [4.78, 5) is 30.0. The number of nitrogens with one attached hydrogen (secondary N) is 1. The Morgan fingerprint density at radius 2 is 1.86 bits per heavy atom. The van der Waals surface area contributed by atoms with Gasteiger partial charge in [0.1, 0.15) is 17.3 Å². The average Bonchev–Trinajstić information content (AvgIpc) is 3.44. The van der Waals surface area contributed by atoms with Gasteiger partial charge in [-0.15, -0.1) is 0 Å². The zero-order valence-electron chi connectivity index (χ0n) is 18.7. The van der Waals surface area contributed by atoms with Crippen LogP contribution in [0.4, 0.5) is 5.69 Å². The number of ether oxygens (including phenoxy) is 1. The first-order valence-corrected chi connectivity index (χ1v) is 10.6. The van der Waals surface area contributed by atoms with Crippen LogP contribution in [0.25, 0.3) is 28.1 Å². The number of nitriles is 1. The highest BCUT2D eigenvalue weighted by Crippen LogP contribution is 2.36. The number of carboxylic acid groups (broad SMARTS) is 1. The van der Waals surface area contributed by atoms with E-state index in [4.69, 9.17) is 10.00 Å². The Bertz CT molecular complexity index is 1680. The molecule has 11 nitrogen and oxygen atoms in total. The Labute approximate surface area is 203 Å². The summed E-state index contributed by atoms with van der Waals surface area (Å²) in [5.74, 6) is -0.233. The topological polar surface area (TPSA) is 160 Å². The minimum atomic E-state index is -1.03. The van der Waals surface area contributed by atoms with E-state index in [0.29, 0.717) is 39.4 Å². The molecule has 0 saturated carbocycles. The minimum Gasteiger partial charge on any atom is -0.478 e. The van der Waals surface area contributed by atoms with Crippen LogP contribution < -0.4 is 4.74 Å². The number of aromatic carboxylic acids is 1. The Hall–Kier alpha value is -5.50. The van der Waals surface area contributed by atoms with Gasteiger partial charge >= 0.3 is 17.5 Å². The fourth-order valence-electron chi connectivity index (χ4n) is 3.72. The molecule has 5 rings (SSSR count). The second kappa shape index (κ2) is 8.69. The Kier molecular flexibility index (Phi) is 5.39. The van der Waals surface area contributed by atoms with E-state index in [0.717, 1.165) is 0 Å².